The number of fused-ring (bicyclic) bond motifs is 4. The summed E-state index contributed by atoms with van der Waals surface area (Å²) in [6.45, 7) is 1.98. The van der Waals surface area contributed by atoms with Gasteiger partial charge in [-0.1, -0.05) is 18.2 Å². The van der Waals surface area contributed by atoms with Crippen LogP contribution >= 0.6 is 0 Å². The number of para-hydroxylation sites is 1. The molecule has 6 heteroatoms. The summed E-state index contributed by atoms with van der Waals surface area (Å²) < 4.78 is 11.9. The van der Waals surface area contributed by atoms with Crippen LogP contribution in [-0.2, 0) is 0 Å². The molecule has 28 heavy (non-hydrogen) atoms. The summed E-state index contributed by atoms with van der Waals surface area (Å²) in [4.78, 5) is 2.34. The fraction of sp³-hybridized carbons (Fsp3) is 0.409. The highest BCUT2D eigenvalue weighted by molar-refractivity contribution is 6.02. The Kier molecular flexibility index (Phi) is 3.98. The minimum atomic E-state index is -0.395. The molecule has 3 aliphatic rings. The zero-order valence-corrected chi connectivity index (χ0v) is 16.3. The fourth-order valence-electron chi connectivity index (χ4n) is 4.56. The molecule has 2 aromatic carbocycles. The summed E-state index contributed by atoms with van der Waals surface area (Å²) >= 11 is 0. The second-order valence-corrected chi connectivity index (χ2v) is 7.89. The van der Waals surface area contributed by atoms with Gasteiger partial charge in [0.15, 0.2) is 11.5 Å². The SMILES string of the molecule is COc1cc(C2=NN3C(C2)c2ccccc2OC32CCN(C)CC2)ccc1O. The molecule has 1 N–H and O–H groups in total. The van der Waals surface area contributed by atoms with Crippen LogP contribution in [0.1, 0.15) is 36.4 Å². The van der Waals surface area contributed by atoms with Crippen LogP contribution in [0.15, 0.2) is 47.6 Å². The molecule has 1 unspecified atom stereocenters. The highest BCUT2D eigenvalue weighted by Crippen LogP contribution is 2.50. The van der Waals surface area contributed by atoms with Crippen molar-refractivity contribution in [2.45, 2.75) is 31.0 Å². The van der Waals surface area contributed by atoms with Gasteiger partial charge in [-0.3, -0.25) is 0 Å². The average molecular weight is 379 g/mol. The predicted octanol–water partition coefficient (Wildman–Crippen LogP) is 3.37. The molecule has 6 nitrogen and oxygen atoms in total. The lowest BCUT2D eigenvalue weighted by molar-refractivity contribution is -0.147. The van der Waals surface area contributed by atoms with Crippen molar-refractivity contribution in [2.24, 2.45) is 5.10 Å². The van der Waals surface area contributed by atoms with Crippen LogP contribution < -0.4 is 9.47 Å². The quantitative estimate of drug-likeness (QED) is 0.867. The van der Waals surface area contributed by atoms with Crippen LogP contribution in [0.25, 0.3) is 0 Å². The molecular formula is C22H25N3O3. The molecule has 1 saturated heterocycles. The zero-order chi connectivity index (χ0) is 19.3. The molecular weight excluding hydrogens is 354 g/mol. The maximum Gasteiger partial charge on any atom is 0.200 e. The largest absolute Gasteiger partial charge is 0.504 e. The summed E-state index contributed by atoms with van der Waals surface area (Å²) in [5.74, 6) is 1.59. The van der Waals surface area contributed by atoms with Crippen LogP contribution in [0.4, 0.5) is 0 Å². The van der Waals surface area contributed by atoms with E-state index in [0.29, 0.717) is 5.75 Å². The number of phenolic OH excluding ortho intramolecular Hbond substituents is 1. The van der Waals surface area contributed by atoms with Crippen LogP contribution in [0.5, 0.6) is 17.2 Å². The van der Waals surface area contributed by atoms with Crippen molar-refractivity contribution in [1.29, 1.82) is 0 Å². The monoisotopic (exact) mass is 379 g/mol. The Bertz CT molecular complexity index is 934. The van der Waals surface area contributed by atoms with Crippen LogP contribution in [-0.4, -0.2) is 53.7 Å². The van der Waals surface area contributed by atoms with Gasteiger partial charge >= 0.3 is 0 Å². The Morgan fingerprint density at radius 1 is 1.18 bits per heavy atom. The van der Waals surface area contributed by atoms with Gasteiger partial charge in [0.1, 0.15) is 5.75 Å². The number of nitrogens with zero attached hydrogens (tertiary/aromatic N) is 3. The van der Waals surface area contributed by atoms with Crippen molar-refractivity contribution >= 4 is 5.71 Å². The van der Waals surface area contributed by atoms with Crippen molar-refractivity contribution in [3.8, 4) is 17.2 Å². The zero-order valence-electron chi connectivity index (χ0n) is 16.3. The highest BCUT2D eigenvalue weighted by atomic mass is 16.5. The van der Waals surface area contributed by atoms with E-state index in [1.807, 2.05) is 18.2 Å². The summed E-state index contributed by atoms with van der Waals surface area (Å²) in [5.41, 5.74) is 2.77. The number of hydrogen-bond donors (Lipinski definition) is 1. The Hall–Kier alpha value is -2.73. The minimum Gasteiger partial charge on any atom is -0.504 e. The number of piperidine rings is 1. The van der Waals surface area contributed by atoms with Crippen LogP contribution in [0.3, 0.4) is 0 Å². The third-order valence-electron chi connectivity index (χ3n) is 6.19. The molecule has 1 spiro atoms. The van der Waals surface area contributed by atoms with Crippen molar-refractivity contribution in [3.63, 3.8) is 0 Å². The maximum atomic E-state index is 9.94. The molecule has 0 saturated carbocycles. The van der Waals surface area contributed by atoms with E-state index in [1.165, 1.54) is 5.56 Å². The van der Waals surface area contributed by atoms with E-state index >= 15 is 0 Å². The van der Waals surface area contributed by atoms with E-state index in [4.69, 9.17) is 14.6 Å². The van der Waals surface area contributed by atoms with Crippen molar-refractivity contribution < 1.29 is 14.6 Å². The molecule has 1 fully saturated rings. The molecule has 0 radical (unpaired) electrons. The molecule has 3 aliphatic heterocycles. The van der Waals surface area contributed by atoms with Gasteiger partial charge in [-0.05, 0) is 31.3 Å². The molecule has 0 bridgehead atoms. The second-order valence-electron chi connectivity index (χ2n) is 7.89. The van der Waals surface area contributed by atoms with E-state index in [-0.39, 0.29) is 11.8 Å². The Labute approximate surface area is 165 Å². The highest BCUT2D eigenvalue weighted by Gasteiger charge is 2.51. The lowest BCUT2D eigenvalue weighted by atomic mass is 9.91. The third-order valence-corrected chi connectivity index (χ3v) is 6.19. The van der Waals surface area contributed by atoms with Gasteiger partial charge < -0.3 is 19.5 Å². The smallest absolute Gasteiger partial charge is 0.200 e. The second kappa shape index (κ2) is 6.41. The van der Waals surface area contributed by atoms with Gasteiger partial charge in [0.05, 0.1) is 18.9 Å². The number of ether oxygens (including phenoxy) is 2. The summed E-state index contributed by atoms with van der Waals surface area (Å²) in [7, 11) is 3.72. The molecule has 1 atom stereocenters. The lowest BCUT2D eigenvalue weighted by Crippen LogP contribution is -2.58. The molecule has 0 aromatic heterocycles. The predicted molar refractivity (Wildman–Crippen MR) is 107 cm³/mol. The maximum absolute atomic E-state index is 9.94. The van der Waals surface area contributed by atoms with Crippen molar-refractivity contribution in [3.05, 3.63) is 53.6 Å². The van der Waals surface area contributed by atoms with E-state index in [9.17, 15) is 5.11 Å². The number of methoxy groups -OCH3 is 1. The van der Waals surface area contributed by atoms with E-state index in [2.05, 4.69) is 35.2 Å². The minimum absolute atomic E-state index is 0.142. The number of aromatic hydroxyl groups is 1. The number of rotatable bonds is 2. The van der Waals surface area contributed by atoms with E-state index in [1.54, 1.807) is 13.2 Å². The van der Waals surface area contributed by atoms with Gasteiger partial charge in [-0.2, -0.15) is 5.10 Å². The van der Waals surface area contributed by atoms with E-state index in [0.717, 1.165) is 49.4 Å². The first-order valence-electron chi connectivity index (χ1n) is 9.80. The van der Waals surface area contributed by atoms with Gasteiger partial charge in [-0.15, -0.1) is 0 Å². The molecule has 146 valence electrons. The first-order valence-corrected chi connectivity index (χ1v) is 9.80. The molecule has 2 aromatic rings. The first kappa shape index (κ1) is 17.4. The van der Waals surface area contributed by atoms with Crippen molar-refractivity contribution in [1.82, 2.24) is 9.91 Å². The number of hydrazone groups is 1. The Morgan fingerprint density at radius 2 is 1.96 bits per heavy atom. The van der Waals surface area contributed by atoms with Crippen LogP contribution in [0, 0.1) is 0 Å². The topological polar surface area (TPSA) is 57.5 Å². The van der Waals surface area contributed by atoms with Gasteiger partial charge in [0.2, 0.25) is 5.72 Å². The summed E-state index contributed by atoms with van der Waals surface area (Å²) in [6.07, 6.45) is 2.65. The number of likely N-dealkylation sites (tertiary alicyclic amines) is 1. The standard InChI is InChI=1S/C22H25N3O3/c1-24-11-9-22(10-12-24)25-18(16-5-3-4-6-20(16)28-22)14-17(23-25)15-7-8-19(26)21(13-15)27-2/h3-8,13,18,26H,9-12,14H2,1-2H3. The lowest BCUT2D eigenvalue weighted by Gasteiger charge is -2.50. The third kappa shape index (κ3) is 2.63. The molecule has 5 rings (SSSR count). The van der Waals surface area contributed by atoms with Gasteiger partial charge in [0.25, 0.3) is 0 Å². The number of hydrogen-bond acceptors (Lipinski definition) is 6. The van der Waals surface area contributed by atoms with E-state index < -0.39 is 5.72 Å². The van der Waals surface area contributed by atoms with Crippen LogP contribution in [0.2, 0.25) is 0 Å². The van der Waals surface area contributed by atoms with Crippen molar-refractivity contribution in [2.75, 3.05) is 27.2 Å². The normalized spacial score (nSPS) is 23.0. The summed E-state index contributed by atoms with van der Waals surface area (Å²) in [6, 6.07) is 13.9. The van der Waals surface area contributed by atoms with Gasteiger partial charge in [0, 0.05) is 43.5 Å². The average Bonchev–Trinajstić information content (AvgIpc) is 3.17. The number of phenols is 1. The Balaban J connectivity index is 1.57. The first-order chi connectivity index (χ1) is 13.6. The Morgan fingerprint density at radius 3 is 2.75 bits per heavy atom. The molecule has 3 heterocycles. The van der Waals surface area contributed by atoms with Gasteiger partial charge in [-0.25, -0.2) is 5.01 Å². The number of benzene rings is 2. The molecule has 0 aliphatic carbocycles. The summed E-state index contributed by atoms with van der Waals surface area (Å²) in [5, 5.41) is 17.2. The molecule has 0 amide bonds. The fourth-order valence-corrected chi connectivity index (χ4v) is 4.56.